The smallest absolute Gasteiger partial charge is 0.208 e. The Kier molecular flexibility index (Phi) is 7.53. The number of sulfonamides is 1. The molecule has 3 unspecified atom stereocenters. The lowest BCUT2D eigenvalue weighted by atomic mass is 10.0. The third kappa shape index (κ3) is 5.71. The van der Waals surface area contributed by atoms with Crippen molar-refractivity contribution in [3.05, 3.63) is 29.8 Å². The molecule has 0 bridgehead atoms. The molecule has 1 saturated carbocycles. The summed E-state index contributed by atoms with van der Waals surface area (Å²) in [7, 11) is -3.19. The lowest BCUT2D eigenvalue weighted by Crippen LogP contribution is -2.40. The van der Waals surface area contributed by atoms with Crippen LogP contribution < -0.4 is 20.5 Å². The van der Waals surface area contributed by atoms with Crippen LogP contribution in [0.5, 0.6) is 5.75 Å². The summed E-state index contributed by atoms with van der Waals surface area (Å²) in [6.45, 7) is 1.17. The van der Waals surface area contributed by atoms with Crippen LogP contribution in [0.15, 0.2) is 29.3 Å². The highest BCUT2D eigenvalue weighted by atomic mass is 127. The number of aliphatic imine (C=N–C) groups is 1. The summed E-state index contributed by atoms with van der Waals surface area (Å²) in [6.07, 6.45) is 4.85. The van der Waals surface area contributed by atoms with Gasteiger partial charge in [0.15, 0.2) is 5.96 Å². The fourth-order valence-corrected chi connectivity index (χ4v) is 4.48. The number of hydrogen-bond acceptors (Lipinski definition) is 4. The van der Waals surface area contributed by atoms with Gasteiger partial charge in [0.05, 0.1) is 18.9 Å². The van der Waals surface area contributed by atoms with Crippen molar-refractivity contribution in [1.29, 1.82) is 0 Å². The van der Waals surface area contributed by atoms with Crippen LogP contribution in [-0.2, 0) is 10.0 Å². The minimum atomic E-state index is -3.19. The summed E-state index contributed by atoms with van der Waals surface area (Å²) in [5.74, 6) is 1.47. The molecule has 1 fully saturated rings. The normalized spacial score (nSPS) is 25.7. The Morgan fingerprint density at radius 2 is 2.08 bits per heavy atom. The zero-order chi connectivity index (χ0) is 17.9. The van der Waals surface area contributed by atoms with Crippen molar-refractivity contribution in [2.75, 3.05) is 19.4 Å². The van der Waals surface area contributed by atoms with Gasteiger partial charge in [-0.15, -0.1) is 24.0 Å². The molecule has 1 aliphatic carbocycles. The molecule has 1 aromatic rings. The Labute approximate surface area is 172 Å². The molecule has 0 saturated heterocycles. The fraction of sp³-hybridized carbons (Fsp3) is 0.588. The van der Waals surface area contributed by atoms with E-state index < -0.39 is 10.0 Å². The molecule has 1 aromatic carbocycles. The number of nitrogens with zero attached hydrogens (tertiary/aromatic N) is 1. The van der Waals surface area contributed by atoms with Crippen molar-refractivity contribution in [2.24, 2.45) is 16.6 Å². The first-order valence-electron chi connectivity index (χ1n) is 8.68. The number of ether oxygens (including phenoxy) is 1. The highest BCUT2D eigenvalue weighted by Crippen LogP contribution is 2.31. The van der Waals surface area contributed by atoms with Gasteiger partial charge in [-0.2, -0.15) is 0 Å². The van der Waals surface area contributed by atoms with Gasteiger partial charge in [0.25, 0.3) is 0 Å². The van der Waals surface area contributed by atoms with Gasteiger partial charge in [-0.25, -0.2) is 13.1 Å². The number of nitrogens with two attached hydrogens (primary N) is 1. The molecule has 0 amide bonds. The molecule has 0 radical (unpaired) electrons. The van der Waals surface area contributed by atoms with Gasteiger partial charge in [0.2, 0.25) is 10.0 Å². The second kappa shape index (κ2) is 9.23. The standard InChI is InChI=1S/C17H26N4O3S.HI/c1-25(22,23)21-14-7-4-5-12(14)11-19-17(18)20-15-9-10-24-16-8-3-2-6-13(15)16;/h2-3,6,8,12,14-15,21H,4-5,7,9-11H2,1H3,(H3,18,19,20);1H. The summed E-state index contributed by atoms with van der Waals surface area (Å²) in [6, 6.07) is 7.96. The van der Waals surface area contributed by atoms with E-state index in [1.807, 2.05) is 24.3 Å². The highest BCUT2D eigenvalue weighted by Gasteiger charge is 2.29. The predicted molar refractivity (Wildman–Crippen MR) is 113 cm³/mol. The van der Waals surface area contributed by atoms with Crippen LogP contribution in [0.25, 0.3) is 0 Å². The van der Waals surface area contributed by atoms with Crippen LogP contribution in [-0.4, -0.2) is 39.8 Å². The molecule has 1 heterocycles. The van der Waals surface area contributed by atoms with Gasteiger partial charge in [-0.1, -0.05) is 24.6 Å². The summed E-state index contributed by atoms with van der Waals surface area (Å²) >= 11 is 0. The van der Waals surface area contributed by atoms with Gasteiger partial charge in [-0.05, 0) is 24.8 Å². The molecule has 0 aromatic heterocycles. The average Bonchev–Trinajstić information content (AvgIpc) is 2.98. The first kappa shape index (κ1) is 21.2. The Bertz CT molecular complexity index is 741. The number of nitrogens with one attached hydrogen (secondary N) is 2. The number of hydrogen-bond donors (Lipinski definition) is 3. The topological polar surface area (TPSA) is 106 Å². The molecule has 3 rings (SSSR count). The molecule has 1 aliphatic heterocycles. The molecule has 146 valence electrons. The fourth-order valence-electron chi connectivity index (χ4n) is 3.62. The van der Waals surface area contributed by atoms with E-state index in [4.69, 9.17) is 10.5 Å². The van der Waals surface area contributed by atoms with Crippen LogP contribution in [0.1, 0.15) is 37.3 Å². The van der Waals surface area contributed by atoms with Crippen LogP contribution in [0.3, 0.4) is 0 Å². The first-order valence-corrected chi connectivity index (χ1v) is 10.6. The zero-order valence-electron chi connectivity index (χ0n) is 14.8. The average molecular weight is 494 g/mol. The van der Waals surface area contributed by atoms with E-state index in [1.165, 1.54) is 6.26 Å². The lowest BCUT2D eigenvalue weighted by molar-refractivity contribution is 0.262. The van der Waals surface area contributed by atoms with Crippen LogP contribution in [0, 0.1) is 5.92 Å². The number of benzene rings is 1. The van der Waals surface area contributed by atoms with E-state index in [2.05, 4.69) is 15.0 Å². The van der Waals surface area contributed by atoms with Gasteiger partial charge < -0.3 is 15.8 Å². The summed E-state index contributed by atoms with van der Waals surface area (Å²) in [5, 5.41) is 3.27. The van der Waals surface area contributed by atoms with E-state index in [0.29, 0.717) is 19.1 Å². The number of fused-ring (bicyclic) bond motifs is 1. The maximum absolute atomic E-state index is 11.5. The molecular weight excluding hydrogens is 467 g/mol. The van der Waals surface area contributed by atoms with Crippen LogP contribution in [0.2, 0.25) is 0 Å². The van der Waals surface area contributed by atoms with Crippen molar-refractivity contribution >= 4 is 40.0 Å². The summed E-state index contributed by atoms with van der Waals surface area (Å²) in [4.78, 5) is 4.46. The second-order valence-corrected chi connectivity index (χ2v) is 8.57. The largest absolute Gasteiger partial charge is 0.493 e. The molecule has 3 atom stereocenters. The maximum atomic E-state index is 11.5. The Hall–Kier alpha value is -1.07. The number of halogens is 1. The minimum Gasteiger partial charge on any atom is -0.493 e. The van der Waals surface area contributed by atoms with Crippen molar-refractivity contribution in [3.63, 3.8) is 0 Å². The first-order chi connectivity index (χ1) is 11.9. The highest BCUT2D eigenvalue weighted by molar-refractivity contribution is 14.0. The van der Waals surface area contributed by atoms with Gasteiger partial charge in [-0.3, -0.25) is 4.99 Å². The van der Waals surface area contributed by atoms with Crippen molar-refractivity contribution in [2.45, 2.75) is 37.8 Å². The predicted octanol–water partition coefficient (Wildman–Crippen LogP) is 1.75. The van der Waals surface area contributed by atoms with Gasteiger partial charge in [0, 0.05) is 24.6 Å². The van der Waals surface area contributed by atoms with Gasteiger partial charge in [0.1, 0.15) is 5.75 Å². The van der Waals surface area contributed by atoms with E-state index >= 15 is 0 Å². The third-order valence-electron chi connectivity index (χ3n) is 4.80. The van der Waals surface area contributed by atoms with Crippen molar-refractivity contribution in [1.82, 2.24) is 10.0 Å². The number of rotatable bonds is 5. The summed E-state index contributed by atoms with van der Waals surface area (Å²) < 4.78 is 31.3. The Balaban J connectivity index is 0.00000243. The molecular formula is C17H27IN4O3S. The van der Waals surface area contributed by atoms with E-state index in [9.17, 15) is 8.42 Å². The van der Waals surface area contributed by atoms with Crippen molar-refractivity contribution < 1.29 is 13.2 Å². The molecule has 4 N–H and O–H groups in total. The van der Waals surface area contributed by atoms with Crippen LogP contribution in [0.4, 0.5) is 0 Å². The maximum Gasteiger partial charge on any atom is 0.208 e. The van der Waals surface area contributed by atoms with E-state index in [-0.39, 0.29) is 42.0 Å². The van der Waals surface area contributed by atoms with Crippen molar-refractivity contribution in [3.8, 4) is 5.75 Å². The number of para-hydroxylation sites is 1. The quantitative estimate of drug-likeness (QED) is 0.329. The third-order valence-corrected chi connectivity index (χ3v) is 5.53. The molecule has 7 nitrogen and oxygen atoms in total. The zero-order valence-corrected chi connectivity index (χ0v) is 18.0. The van der Waals surface area contributed by atoms with E-state index in [0.717, 1.165) is 37.0 Å². The Morgan fingerprint density at radius 1 is 1.31 bits per heavy atom. The Morgan fingerprint density at radius 3 is 2.85 bits per heavy atom. The molecule has 26 heavy (non-hydrogen) atoms. The van der Waals surface area contributed by atoms with Crippen LogP contribution >= 0.6 is 24.0 Å². The summed E-state index contributed by atoms with van der Waals surface area (Å²) in [5.41, 5.74) is 7.16. The van der Waals surface area contributed by atoms with E-state index in [1.54, 1.807) is 0 Å². The second-order valence-electron chi connectivity index (χ2n) is 6.79. The molecule has 9 heteroatoms. The number of guanidine groups is 1. The SMILES string of the molecule is CS(=O)(=O)NC1CCCC1CN=C(N)NC1CCOc2ccccc21.I. The molecule has 0 spiro atoms. The lowest BCUT2D eigenvalue weighted by Gasteiger charge is -2.27. The minimum absolute atomic E-state index is 0. The molecule has 2 aliphatic rings. The van der Waals surface area contributed by atoms with Gasteiger partial charge >= 0.3 is 0 Å². The monoisotopic (exact) mass is 494 g/mol.